The Balaban J connectivity index is 2.38. The molecule has 6 nitrogen and oxygen atoms in total. The molecule has 69 valence electrons. The van der Waals surface area contributed by atoms with Crippen molar-refractivity contribution in [2.24, 2.45) is 0 Å². The van der Waals surface area contributed by atoms with Crippen molar-refractivity contribution in [2.75, 3.05) is 13.1 Å². The molecule has 1 unspecified atom stereocenters. The Labute approximate surface area is 69.4 Å². The molecular weight excluding hydrogens is 185 g/mol. The average molecular weight is 194 g/mol. The molecule has 1 rings (SSSR count). The fraction of sp³-hybridized carbons (Fsp3) is 0.800. The molecule has 0 aliphatic carbocycles. The van der Waals surface area contributed by atoms with Crippen molar-refractivity contribution in [3.8, 4) is 0 Å². The van der Waals surface area contributed by atoms with Crippen LogP contribution < -0.4 is 0 Å². The van der Waals surface area contributed by atoms with Crippen LogP contribution in [-0.2, 0) is 13.9 Å². The van der Waals surface area contributed by atoms with E-state index in [1.54, 1.807) is 6.41 Å². The predicted octanol–water partition coefficient (Wildman–Crippen LogP) is -0.763. The zero-order valence-corrected chi connectivity index (χ0v) is 7.11. The number of phosphoric acid groups is 1. The van der Waals surface area contributed by atoms with E-state index in [1.807, 2.05) is 0 Å². The molecule has 1 aliphatic heterocycles. The maximum atomic E-state index is 10.3. The molecule has 1 atom stereocenters. The molecule has 0 aromatic rings. The van der Waals surface area contributed by atoms with Gasteiger partial charge in [-0.25, -0.2) is 4.57 Å². The second-order valence-electron chi connectivity index (χ2n) is 2.54. The van der Waals surface area contributed by atoms with Crippen LogP contribution in [0.3, 0.4) is 0 Å². The lowest BCUT2D eigenvalue weighted by molar-refractivity contribution is 0.141. The van der Waals surface area contributed by atoms with Gasteiger partial charge in [-0.2, -0.15) is 0 Å². The largest absolute Gasteiger partial charge is 0.469 e. The van der Waals surface area contributed by atoms with Gasteiger partial charge in [0.1, 0.15) is 0 Å². The Bertz CT molecular complexity index is 214. The van der Waals surface area contributed by atoms with E-state index in [2.05, 4.69) is 4.52 Å². The smallest absolute Gasteiger partial charge is 0.332 e. The maximum absolute atomic E-state index is 10.3. The molecule has 2 N–H and O–H groups in total. The zero-order chi connectivity index (χ0) is 9.19. The van der Waals surface area contributed by atoms with Crippen molar-refractivity contribution in [3.05, 3.63) is 0 Å². The fourth-order valence-electron chi connectivity index (χ4n) is 1.09. The molecule has 1 radical (unpaired) electrons. The highest BCUT2D eigenvalue weighted by molar-refractivity contribution is 7.46. The van der Waals surface area contributed by atoms with Crippen LogP contribution in [0.1, 0.15) is 6.42 Å². The summed E-state index contributed by atoms with van der Waals surface area (Å²) < 4.78 is 14.7. The highest BCUT2D eigenvalue weighted by atomic mass is 31.2. The molecule has 0 bridgehead atoms. The minimum absolute atomic E-state index is 0.203. The van der Waals surface area contributed by atoms with E-state index in [4.69, 9.17) is 9.79 Å². The van der Waals surface area contributed by atoms with Crippen LogP contribution in [0, 0.1) is 0 Å². The summed E-state index contributed by atoms with van der Waals surface area (Å²) in [6.45, 7) is 0.642. The first-order valence-corrected chi connectivity index (χ1v) is 4.91. The summed E-state index contributed by atoms with van der Waals surface area (Å²) in [5.41, 5.74) is 0. The van der Waals surface area contributed by atoms with Crippen molar-refractivity contribution in [1.82, 2.24) is 4.90 Å². The second kappa shape index (κ2) is 3.53. The van der Waals surface area contributed by atoms with Crippen LogP contribution in [0.25, 0.3) is 0 Å². The number of amides is 1. The van der Waals surface area contributed by atoms with Gasteiger partial charge in [0.05, 0.1) is 6.10 Å². The van der Waals surface area contributed by atoms with Gasteiger partial charge >= 0.3 is 14.2 Å². The summed E-state index contributed by atoms with van der Waals surface area (Å²) in [7, 11) is -4.41. The third-order valence-corrected chi connectivity index (χ3v) is 2.13. The number of hydrogen-bond donors (Lipinski definition) is 2. The molecule has 1 aliphatic rings. The van der Waals surface area contributed by atoms with Crippen molar-refractivity contribution >= 4 is 14.2 Å². The highest BCUT2D eigenvalue weighted by Crippen LogP contribution is 2.39. The molecule has 1 amide bonds. The van der Waals surface area contributed by atoms with Gasteiger partial charge in [0.2, 0.25) is 0 Å². The molecule has 7 heteroatoms. The summed E-state index contributed by atoms with van der Waals surface area (Å²) in [5, 5.41) is 0. The Morgan fingerprint density at radius 1 is 1.58 bits per heavy atom. The number of rotatable bonds is 3. The number of likely N-dealkylation sites (tertiary alicyclic amines) is 1. The van der Waals surface area contributed by atoms with Crippen LogP contribution in [0.5, 0.6) is 0 Å². The van der Waals surface area contributed by atoms with Crippen molar-refractivity contribution in [2.45, 2.75) is 12.5 Å². The topological polar surface area (TPSA) is 87.1 Å². The van der Waals surface area contributed by atoms with E-state index in [0.717, 1.165) is 0 Å². The first-order valence-electron chi connectivity index (χ1n) is 3.38. The van der Waals surface area contributed by atoms with Crippen molar-refractivity contribution in [3.63, 3.8) is 0 Å². The van der Waals surface area contributed by atoms with Gasteiger partial charge in [-0.1, -0.05) is 0 Å². The van der Waals surface area contributed by atoms with Gasteiger partial charge in [-0.3, -0.25) is 9.32 Å². The molecule has 0 spiro atoms. The van der Waals surface area contributed by atoms with E-state index in [1.165, 1.54) is 4.90 Å². The quantitative estimate of drug-likeness (QED) is 0.576. The number of hydrogen-bond acceptors (Lipinski definition) is 3. The molecule has 1 heterocycles. The van der Waals surface area contributed by atoms with Crippen LogP contribution >= 0.6 is 7.82 Å². The second-order valence-corrected chi connectivity index (χ2v) is 3.74. The van der Waals surface area contributed by atoms with E-state index < -0.39 is 13.9 Å². The van der Waals surface area contributed by atoms with Crippen molar-refractivity contribution < 1.29 is 23.7 Å². The molecule has 0 saturated carbocycles. The fourth-order valence-corrected chi connectivity index (χ4v) is 1.65. The minimum atomic E-state index is -4.41. The van der Waals surface area contributed by atoms with Crippen LogP contribution in [0.15, 0.2) is 0 Å². The third kappa shape index (κ3) is 2.91. The average Bonchev–Trinajstić information content (AvgIpc) is 2.32. The Morgan fingerprint density at radius 2 is 2.25 bits per heavy atom. The predicted molar refractivity (Wildman–Crippen MR) is 38.8 cm³/mol. The molecule has 1 saturated heterocycles. The van der Waals surface area contributed by atoms with Crippen LogP contribution in [0.2, 0.25) is 0 Å². The van der Waals surface area contributed by atoms with Crippen LogP contribution in [0.4, 0.5) is 0 Å². The summed E-state index contributed by atoms with van der Waals surface area (Å²) >= 11 is 0. The third-order valence-electron chi connectivity index (χ3n) is 1.56. The normalized spacial score (nSPS) is 24.5. The van der Waals surface area contributed by atoms with E-state index >= 15 is 0 Å². The van der Waals surface area contributed by atoms with Gasteiger partial charge in [0.25, 0.3) is 0 Å². The Kier molecular flexibility index (Phi) is 2.85. The maximum Gasteiger partial charge on any atom is 0.469 e. The van der Waals surface area contributed by atoms with E-state index in [9.17, 15) is 9.36 Å². The monoisotopic (exact) mass is 194 g/mol. The van der Waals surface area contributed by atoms with Gasteiger partial charge in [-0.05, 0) is 6.42 Å². The van der Waals surface area contributed by atoms with Gasteiger partial charge in [0, 0.05) is 13.1 Å². The lowest BCUT2D eigenvalue weighted by Gasteiger charge is -2.11. The number of phosphoric ester groups is 1. The Morgan fingerprint density at radius 3 is 2.67 bits per heavy atom. The SMILES string of the molecule is O=[C]N1CCC(OP(=O)(O)O)C1. The minimum Gasteiger partial charge on any atom is -0.332 e. The molecule has 0 aromatic carbocycles. The van der Waals surface area contributed by atoms with Gasteiger partial charge in [-0.15, -0.1) is 0 Å². The molecule has 12 heavy (non-hydrogen) atoms. The highest BCUT2D eigenvalue weighted by Gasteiger charge is 2.28. The molecule has 1 fully saturated rings. The van der Waals surface area contributed by atoms with Gasteiger partial charge < -0.3 is 14.7 Å². The Hall–Kier alpha value is -0.420. The summed E-state index contributed by atoms with van der Waals surface area (Å²) in [6.07, 6.45) is 1.51. The molecular formula is C5H9NO5P. The first kappa shape index (κ1) is 9.67. The first-order chi connectivity index (χ1) is 5.51. The number of carbonyl (C=O) groups excluding carboxylic acids is 1. The van der Waals surface area contributed by atoms with Gasteiger partial charge in [0.15, 0.2) is 0 Å². The summed E-state index contributed by atoms with van der Waals surface area (Å²) in [5.74, 6) is 0. The standard InChI is InChI=1S/C5H9NO5P/c7-4-6-2-1-5(3-6)11-12(8,9)10/h5H,1-3H2,(H2,8,9,10). The van der Waals surface area contributed by atoms with E-state index in [-0.39, 0.29) is 6.54 Å². The number of nitrogens with zero attached hydrogens (tertiary/aromatic N) is 1. The lowest BCUT2D eigenvalue weighted by Crippen LogP contribution is -2.20. The van der Waals surface area contributed by atoms with Crippen LogP contribution in [-0.4, -0.2) is 40.3 Å². The summed E-state index contributed by atoms with van der Waals surface area (Å²) in [6, 6.07) is 0. The van der Waals surface area contributed by atoms with E-state index in [0.29, 0.717) is 13.0 Å². The lowest BCUT2D eigenvalue weighted by atomic mass is 10.3. The zero-order valence-electron chi connectivity index (χ0n) is 6.21. The van der Waals surface area contributed by atoms with Crippen molar-refractivity contribution in [1.29, 1.82) is 0 Å². The molecule has 0 aromatic heterocycles. The summed E-state index contributed by atoms with van der Waals surface area (Å²) in [4.78, 5) is 28.2.